The first kappa shape index (κ1) is 12.9. The predicted octanol–water partition coefficient (Wildman–Crippen LogP) is 3.84. The van der Waals surface area contributed by atoms with Crippen molar-refractivity contribution in [2.75, 3.05) is 0 Å². The van der Waals surface area contributed by atoms with Crippen LogP contribution in [-0.2, 0) is 11.6 Å². The minimum Gasteiger partial charge on any atom is -0.242 e. The van der Waals surface area contributed by atoms with Gasteiger partial charge in [-0.3, -0.25) is 0 Å². The van der Waals surface area contributed by atoms with Gasteiger partial charge in [0.15, 0.2) is 0 Å². The maximum Gasteiger partial charge on any atom is 0.113 e. The van der Waals surface area contributed by atoms with Crippen LogP contribution in [0, 0.1) is 0 Å². The SMILES string of the molecule is c1ccc(CSCn2cc(-c3ccccc3)nn2)cc1. The minimum absolute atomic E-state index is 0.814. The molecule has 0 fully saturated rings. The number of hydrogen-bond donors (Lipinski definition) is 0. The average Bonchev–Trinajstić information content (AvgIpc) is 2.98. The van der Waals surface area contributed by atoms with E-state index in [0.717, 1.165) is 22.9 Å². The molecule has 3 aromatic rings. The van der Waals surface area contributed by atoms with E-state index in [1.54, 1.807) is 0 Å². The number of benzene rings is 2. The van der Waals surface area contributed by atoms with Crippen LogP contribution >= 0.6 is 11.8 Å². The van der Waals surface area contributed by atoms with Crippen molar-refractivity contribution in [1.29, 1.82) is 0 Å². The lowest BCUT2D eigenvalue weighted by Crippen LogP contribution is -1.95. The van der Waals surface area contributed by atoms with Crippen molar-refractivity contribution >= 4 is 11.8 Å². The first-order valence-electron chi connectivity index (χ1n) is 6.49. The van der Waals surface area contributed by atoms with E-state index in [1.807, 2.05) is 59.0 Å². The Kier molecular flexibility index (Phi) is 4.13. The lowest BCUT2D eigenvalue weighted by Gasteiger charge is -2.01. The molecular formula is C16H15N3S. The molecule has 0 aliphatic rings. The van der Waals surface area contributed by atoms with Gasteiger partial charge in [0.1, 0.15) is 5.69 Å². The van der Waals surface area contributed by atoms with E-state index in [0.29, 0.717) is 0 Å². The van der Waals surface area contributed by atoms with E-state index in [9.17, 15) is 0 Å². The molecule has 2 aromatic carbocycles. The zero-order valence-electron chi connectivity index (χ0n) is 11.0. The second-order valence-corrected chi connectivity index (χ2v) is 5.43. The van der Waals surface area contributed by atoms with Gasteiger partial charge in [-0.1, -0.05) is 65.9 Å². The van der Waals surface area contributed by atoms with Crippen molar-refractivity contribution in [3.63, 3.8) is 0 Å². The topological polar surface area (TPSA) is 30.7 Å². The quantitative estimate of drug-likeness (QED) is 0.712. The largest absolute Gasteiger partial charge is 0.242 e. The van der Waals surface area contributed by atoms with Gasteiger partial charge in [-0.25, -0.2) is 4.68 Å². The summed E-state index contributed by atoms with van der Waals surface area (Å²) in [7, 11) is 0. The lowest BCUT2D eigenvalue weighted by atomic mass is 10.2. The third-order valence-electron chi connectivity index (χ3n) is 2.94. The van der Waals surface area contributed by atoms with E-state index < -0.39 is 0 Å². The monoisotopic (exact) mass is 281 g/mol. The summed E-state index contributed by atoms with van der Waals surface area (Å²) >= 11 is 1.83. The Morgan fingerprint density at radius 3 is 2.35 bits per heavy atom. The maximum atomic E-state index is 4.21. The summed E-state index contributed by atoms with van der Waals surface area (Å²) in [5.74, 6) is 1.80. The number of rotatable bonds is 5. The first-order valence-corrected chi connectivity index (χ1v) is 7.64. The molecule has 0 unspecified atom stereocenters. The molecule has 0 aliphatic heterocycles. The fourth-order valence-corrected chi connectivity index (χ4v) is 2.77. The van der Waals surface area contributed by atoms with Crippen molar-refractivity contribution in [3.05, 3.63) is 72.4 Å². The van der Waals surface area contributed by atoms with Crippen molar-refractivity contribution in [2.24, 2.45) is 0 Å². The fraction of sp³-hybridized carbons (Fsp3) is 0.125. The Morgan fingerprint density at radius 2 is 1.60 bits per heavy atom. The highest BCUT2D eigenvalue weighted by atomic mass is 32.2. The standard InChI is InChI=1S/C16H15N3S/c1-3-7-14(8-4-1)12-20-13-19-11-16(17-18-19)15-9-5-2-6-10-15/h1-11H,12-13H2. The molecule has 0 aliphatic carbocycles. The van der Waals surface area contributed by atoms with E-state index in [2.05, 4.69) is 34.6 Å². The molecule has 0 amide bonds. The van der Waals surface area contributed by atoms with Gasteiger partial charge in [0, 0.05) is 11.3 Å². The highest BCUT2D eigenvalue weighted by Crippen LogP contribution is 2.17. The number of hydrogen-bond acceptors (Lipinski definition) is 3. The second-order valence-electron chi connectivity index (χ2n) is 4.47. The molecule has 20 heavy (non-hydrogen) atoms. The van der Waals surface area contributed by atoms with Crippen LogP contribution in [0.1, 0.15) is 5.56 Å². The second kappa shape index (κ2) is 6.39. The van der Waals surface area contributed by atoms with Crippen molar-refractivity contribution in [3.8, 4) is 11.3 Å². The van der Waals surface area contributed by atoms with Crippen LogP contribution < -0.4 is 0 Å². The third kappa shape index (κ3) is 3.27. The van der Waals surface area contributed by atoms with Crippen LogP contribution in [0.3, 0.4) is 0 Å². The van der Waals surface area contributed by atoms with E-state index in [4.69, 9.17) is 0 Å². The zero-order valence-corrected chi connectivity index (χ0v) is 11.8. The summed E-state index contributed by atoms with van der Waals surface area (Å²) in [6, 6.07) is 20.6. The summed E-state index contributed by atoms with van der Waals surface area (Å²) in [4.78, 5) is 0. The molecule has 0 atom stereocenters. The Balaban J connectivity index is 1.58. The molecule has 3 nitrogen and oxygen atoms in total. The van der Waals surface area contributed by atoms with Crippen molar-refractivity contribution in [1.82, 2.24) is 15.0 Å². The summed E-state index contributed by atoms with van der Waals surface area (Å²) < 4.78 is 1.88. The van der Waals surface area contributed by atoms with E-state index >= 15 is 0 Å². The Bertz CT molecular complexity index is 650. The smallest absolute Gasteiger partial charge is 0.113 e. The number of nitrogens with zero attached hydrogens (tertiary/aromatic N) is 3. The molecule has 1 aromatic heterocycles. The van der Waals surface area contributed by atoms with E-state index in [-0.39, 0.29) is 0 Å². The van der Waals surface area contributed by atoms with Crippen LogP contribution in [-0.4, -0.2) is 15.0 Å². The Hall–Kier alpha value is -2.07. The van der Waals surface area contributed by atoms with E-state index in [1.165, 1.54) is 5.56 Å². The summed E-state index contributed by atoms with van der Waals surface area (Å²) in [6.07, 6.45) is 1.99. The predicted molar refractivity (Wildman–Crippen MR) is 83.2 cm³/mol. The van der Waals surface area contributed by atoms with Crippen LogP contribution in [0.15, 0.2) is 66.9 Å². The average molecular weight is 281 g/mol. The van der Waals surface area contributed by atoms with Crippen molar-refractivity contribution < 1.29 is 0 Å². The Labute approximate surface area is 122 Å². The van der Waals surface area contributed by atoms with Gasteiger partial charge < -0.3 is 0 Å². The molecule has 1 heterocycles. The molecular weight excluding hydrogens is 266 g/mol. The summed E-state index contributed by atoms with van der Waals surface area (Å²) in [6.45, 7) is 0. The minimum atomic E-state index is 0.814. The van der Waals surface area contributed by atoms with Crippen LogP contribution in [0.2, 0.25) is 0 Å². The lowest BCUT2D eigenvalue weighted by molar-refractivity contribution is 0.701. The van der Waals surface area contributed by atoms with Gasteiger partial charge in [-0.2, -0.15) is 0 Å². The molecule has 3 rings (SSSR count). The molecule has 0 saturated heterocycles. The normalized spacial score (nSPS) is 10.6. The highest BCUT2D eigenvalue weighted by molar-refractivity contribution is 7.97. The third-order valence-corrected chi connectivity index (χ3v) is 3.93. The molecule has 0 saturated carbocycles. The molecule has 0 N–H and O–H groups in total. The zero-order chi connectivity index (χ0) is 13.6. The number of thioether (sulfide) groups is 1. The van der Waals surface area contributed by atoms with Crippen molar-refractivity contribution in [2.45, 2.75) is 11.6 Å². The first-order chi connectivity index (χ1) is 9.92. The van der Waals surface area contributed by atoms with Crippen LogP contribution in [0.5, 0.6) is 0 Å². The van der Waals surface area contributed by atoms with Gasteiger partial charge in [0.25, 0.3) is 0 Å². The van der Waals surface area contributed by atoms with Gasteiger partial charge in [0.2, 0.25) is 0 Å². The number of aromatic nitrogens is 3. The van der Waals surface area contributed by atoms with Crippen LogP contribution in [0.4, 0.5) is 0 Å². The Morgan fingerprint density at radius 1 is 0.900 bits per heavy atom. The fourth-order valence-electron chi connectivity index (χ4n) is 1.93. The van der Waals surface area contributed by atoms with Gasteiger partial charge in [-0.05, 0) is 5.56 Å². The van der Waals surface area contributed by atoms with Crippen LogP contribution in [0.25, 0.3) is 11.3 Å². The molecule has 0 spiro atoms. The maximum absolute atomic E-state index is 4.21. The van der Waals surface area contributed by atoms with Gasteiger partial charge in [0.05, 0.1) is 12.1 Å². The van der Waals surface area contributed by atoms with Gasteiger partial charge >= 0.3 is 0 Å². The summed E-state index contributed by atoms with van der Waals surface area (Å²) in [5, 5.41) is 8.38. The molecule has 4 heteroatoms. The van der Waals surface area contributed by atoms with Gasteiger partial charge in [-0.15, -0.1) is 16.9 Å². The summed E-state index contributed by atoms with van der Waals surface area (Å²) in [5.41, 5.74) is 3.36. The molecule has 100 valence electrons. The molecule has 0 radical (unpaired) electrons. The highest BCUT2D eigenvalue weighted by Gasteiger charge is 2.03. The molecule has 0 bridgehead atoms.